The SMILES string of the molecule is CCOc1ccc(-n2c(C(C)N(CC3CCN(C(=O)C4CCC(NC(=O)CCCOC5CCCCC5)CC4)CC3)C(=O)Cc3ccc(F)c(C(F)(F)F)c3)nc3ncccc3c2=O)cc1.CN1CC(C=O)CC1=O.CNCCO.c1ccncc1. The lowest BCUT2D eigenvalue weighted by Crippen LogP contribution is -2.47. The molecule has 22 heteroatoms. The number of aldehydes is 1. The standard InChI is InChI=1S/C49H60F4N6O6.C6H9NO2.C5H5N.C3H9NO/c1-3-64-39-20-18-37(19-21-39)59-46(56-45-40(48(59)63)11-7-25-54-45)32(2)58(44(61)30-34-13-22-42(50)41(29-34)49(51,52)53)31-33-23-26-57(27-24-33)47(62)35-14-16-36(17-15-35)55-43(60)12-8-28-65-38-9-5-4-6-10-38;1-7-3-5(4-8)2-6(7)9;1-2-4-6-5-3-1;1-4-2-3-5/h7,11,13,18-22,25,29,32-33,35-36,38H,3-6,8-10,12,14-17,23-24,26-28,30-31H2,1-2H3,(H,55,60);4-5H,2-3H2,1H3;1-5H;4-5H,2-3H2,1H3. The molecule has 2 aliphatic heterocycles. The van der Waals surface area contributed by atoms with Gasteiger partial charge in [-0.1, -0.05) is 31.4 Å². The summed E-state index contributed by atoms with van der Waals surface area (Å²) >= 11 is 0. The fraction of sp³-hybridized carbons (Fsp3) is 0.540. The van der Waals surface area contributed by atoms with Gasteiger partial charge in [0.2, 0.25) is 23.6 Å². The fourth-order valence-electron chi connectivity index (χ4n) is 11.0. The summed E-state index contributed by atoms with van der Waals surface area (Å²) in [5, 5.41) is 14.2. The van der Waals surface area contributed by atoms with Crippen LogP contribution in [0, 0.1) is 23.6 Å². The molecule has 462 valence electrons. The zero-order valence-electron chi connectivity index (χ0n) is 49.3. The quantitative estimate of drug-likeness (QED) is 0.0402. The largest absolute Gasteiger partial charge is 0.494 e. The van der Waals surface area contributed by atoms with Gasteiger partial charge in [0.05, 0.1) is 48.4 Å². The molecule has 9 rings (SSSR count). The highest BCUT2D eigenvalue weighted by Crippen LogP contribution is 2.34. The van der Waals surface area contributed by atoms with Crippen LogP contribution in [0.3, 0.4) is 0 Å². The number of aliphatic hydroxyl groups excluding tert-OH is 1. The van der Waals surface area contributed by atoms with E-state index in [0.717, 1.165) is 32.0 Å². The van der Waals surface area contributed by atoms with Crippen LogP contribution >= 0.6 is 0 Å². The molecule has 5 aromatic rings. The van der Waals surface area contributed by atoms with Gasteiger partial charge < -0.3 is 44.7 Å². The number of halogens is 4. The second kappa shape index (κ2) is 34.1. The molecule has 2 saturated heterocycles. The Morgan fingerprint density at radius 2 is 1.61 bits per heavy atom. The molecule has 4 fully saturated rings. The van der Waals surface area contributed by atoms with Crippen molar-refractivity contribution in [3.63, 3.8) is 0 Å². The number of fused-ring (bicyclic) bond motifs is 1. The van der Waals surface area contributed by atoms with Gasteiger partial charge in [-0.3, -0.25) is 33.5 Å². The third kappa shape index (κ3) is 20.5. The minimum Gasteiger partial charge on any atom is -0.494 e. The zero-order chi connectivity index (χ0) is 61.3. The van der Waals surface area contributed by atoms with E-state index in [1.165, 1.54) is 41.0 Å². The molecular weight excluding hydrogens is 1100 g/mol. The molecule has 18 nitrogen and oxygen atoms in total. The third-order valence-corrected chi connectivity index (χ3v) is 15.7. The number of rotatable bonds is 19. The number of amides is 4. The van der Waals surface area contributed by atoms with Gasteiger partial charge >= 0.3 is 6.18 Å². The summed E-state index contributed by atoms with van der Waals surface area (Å²) in [6, 6.07) is 17.5. The Kier molecular flexibility index (Phi) is 26.9. The Labute approximate surface area is 495 Å². The van der Waals surface area contributed by atoms with Crippen molar-refractivity contribution in [3.05, 3.63) is 125 Å². The molecule has 2 aliphatic carbocycles. The summed E-state index contributed by atoms with van der Waals surface area (Å²) in [5.41, 5.74) is -1.28. The van der Waals surface area contributed by atoms with Crippen molar-refractivity contribution < 1.29 is 56.1 Å². The average Bonchev–Trinajstić information content (AvgIpc) is 3.14. The van der Waals surface area contributed by atoms with Crippen molar-refractivity contribution in [1.29, 1.82) is 0 Å². The molecule has 2 unspecified atom stereocenters. The summed E-state index contributed by atoms with van der Waals surface area (Å²) in [6.07, 6.45) is 12.1. The number of alkyl halides is 3. The first kappa shape index (κ1) is 67.0. The lowest BCUT2D eigenvalue weighted by molar-refractivity contribution is -0.140. The van der Waals surface area contributed by atoms with Gasteiger partial charge in [-0.25, -0.2) is 14.4 Å². The zero-order valence-corrected chi connectivity index (χ0v) is 49.3. The maximum atomic E-state index is 14.5. The number of benzene rings is 2. The number of nitrogens with zero attached hydrogens (tertiary/aromatic N) is 7. The second-order valence-corrected chi connectivity index (χ2v) is 22.0. The van der Waals surface area contributed by atoms with Gasteiger partial charge in [0, 0.05) is 95.7 Å². The van der Waals surface area contributed by atoms with Gasteiger partial charge in [0.1, 0.15) is 23.7 Å². The van der Waals surface area contributed by atoms with Crippen molar-refractivity contribution in [1.82, 2.24) is 44.9 Å². The van der Waals surface area contributed by atoms with Gasteiger partial charge in [0.15, 0.2) is 5.65 Å². The van der Waals surface area contributed by atoms with Crippen LogP contribution in [0.4, 0.5) is 17.6 Å². The van der Waals surface area contributed by atoms with E-state index in [2.05, 4.69) is 20.6 Å². The molecule has 3 aromatic heterocycles. The first-order valence-electron chi connectivity index (χ1n) is 29.7. The molecular formula is C63H83F4N9O9. The summed E-state index contributed by atoms with van der Waals surface area (Å²) in [4.78, 5) is 94.0. The number of likely N-dealkylation sites (tertiary alicyclic amines) is 2. The van der Waals surface area contributed by atoms with Crippen LogP contribution in [0.25, 0.3) is 16.7 Å². The minimum atomic E-state index is -4.96. The van der Waals surface area contributed by atoms with Crippen molar-refractivity contribution in [2.24, 2.45) is 17.8 Å². The van der Waals surface area contributed by atoms with Gasteiger partial charge in [-0.2, -0.15) is 13.2 Å². The van der Waals surface area contributed by atoms with Crippen LogP contribution in [0.5, 0.6) is 5.75 Å². The van der Waals surface area contributed by atoms with Gasteiger partial charge in [-0.15, -0.1) is 0 Å². The van der Waals surface area contributed by atoms with E-state index >= 15 is 0 Å². The van der Waals surface area contributed by atoms with Crippen LogP contribution in [-0.2, 0) is 41.3 Å². The number of hydrogen-bond donors (Lipinski definition) is 3. The highest BCUT2D eigenvalue weighted by molar-refractivity contribution is 5.82. The number of carbonyl (C=O) groups is 5. The lowest BCUT2D eigenvalue weighted by atomic mass is 9.84. The molecule has 3 N–H and O–H groups in total. The smallest absolute Gasteiger partial charge is 0.419 e. The third-order valence-electron chi connectivity index (χ3n) is 15.7. The Bertz CT molecular complexity index is 2920. The number of piperidine rings is 1. The number of aliphatic hydroxyl groups is 1. The number of nitrogens with one attached hydrogen (secondary N) is 2. The van der Waals surface area contributed by atoms with E-state index in [1.54, 1.807) is 74.7 Å². The summed E-state index contributed by atoms with van der Waals surface area (Å²) < 4.78 is 68.6. The molecule has 0 bridgehead atoms. The Morgan fingerprint density at radius 3 is 2.18 bits per heavy atom. The first-order chi connectivity index (χ1) is 40.9. The molecule has 2 aromatic carbocycles. The lowest BCUT2D eigenvalue weighted by Gasteiger charge is -2.39. The van der Waals surface area contributed by atoms with E-state index in [0.29, 0.717) is 114 Å². The average molecular weight is 1190 g/mol. The van der Waals surface area contributed by atoms with E-state index in [1.807, 2.05) is 30.0 Å². The van der Waals surface area contributed by atoms with E-state index < -0.39 is 41.5 Å². The Morgan fingerprint density at radius 1 is 0.906 bits per heavy atom. The van der Waals surface area contributed by atoms with Gasteiger partial charge in [0.25, 0.3) is 5.56 Å². The first-order valence-corrected chi connectivity index (χ1v) is 29.7. The molecule has 0 radical (unpaired) electrons. The van der Waals surface area contributed by atoms with Crippen LogP contribution in [0.2, 0.25) is 0 Å². The van der Waals surface area contributed by atoms with Crippen LogP contribution in [0.15, 0.2) is 96.2 Å². The summed E-state index contributed by atoms with van der Waals surface area (Å²) in [6.45, 7) is 7.21. The fourth-order valence-corrected chi connectivity index (χ4v) is 11.0. The van der Waals surface area contributed by atoms with Crippen LogP contribution in [0.1, 0.15) is 127 Å². The number of likely N-dealkylation sites (N-methyl/N-ethyl adjacent to an activating group) is 1. The molecule has 85 heavy (non-hydrogen) atoms. The van der Waals surface area contributed by atoms with Crippen LogP contribution in [-0.4, -0.2) is 148 Å². The summed E-state index contributed by atoms with van der Waals surface area (Å²) in [5.74, 6) is -1.32. The highest BCUT2D eigenvalue weighted by Gasteiger charge is 2.37. The normalized spacial score (nSPS) is 18.6. The molecule has 4 amide bonds. The predicted octanol–water partition coefficient (Wildman–Crippen LogP) is 8.46. The highest BCUT2D eigenvalue weighted by atomic mass is 19.4. The van der Waals surface area contributed by atoms with Crippen molar-refractivity contribution in [2.45, 2.75) is 135 Å². The topological polar surface area (TPSA) is 218 Å². The van der Waals surface area contributed by atoms with E-state index in [-0.39, 0.29) is 77.1 Å². The van der Waals surface area contributed by atoms with Crippen molar-refractivity contribution in [3.8, 4) is 11.4 Å². The monoisotopic (exact) mass is 1190 g/mol. The van der Waals surface area contributed by atoms with E-state index in [9.17, 15) is 46.3 Å². The van der Waals surface area contributed by atoms with Crippen molar-refractivity contribution in [2.75, 3.05) is 66.6 Å². The maximum Gasteiger partial charge on any atom is 0.419 e. The number of hydrogen-bond acceptors (Lipinski definition) is 13. The summed E-state index contributed by atoms with van der Waals surface area (Å²) in [7, 11) is 3.52. The van der Waals surface area contributed by atoms with Gasteiger partial charge in [-0.05, 0) is 151 Å². The number of ether oxygens (including phenoxy) is 2. The van der Waals surface area contributed by atoms with Crippen LogP contribution < -0.4 is 20.9 Å². The molecule has 2 atom stereocenters. The molecule has 4 aliphatic rings. The molecule has 0 spiro atoms. The maximum absolute atomic E-state index is 14.5. The molecule has 5 heterocycles. The van der Waals surface area contributed by atoms with Crippen molar-refractivity contribution >= 4 is 40.9 Å². The minimum absolute atomic E-state index is 0.0205. The number of aromatic nitrogens is 4. The van der Waals surface area contributed by atoms with E-state index in [4.69, 9.17) is 19.6 Å². The number of pyridine rings is 2. The predicted molar refractivity (Wildman–Crippen MR) is 314 cm³/mol. The molecule has 2 saturated carbocycles. The Balaban J connectivity index is 0.000000488. The Hall–Kier alpha value is -7.17. The number of carbonyl (C=O) groups excluding carboxylic acids is 5. The second-order valence-electron chi connectivity index (χ2n) is 22.0.